The highest BCUT2D eigenvalue weighted by molar-refractivity contribution is 8.13. The number of anilines is 1. The van der Waals surface area contributed by atoms with E-state index in [1.165, 1.54) is 17.0 Å². The molecule has 0 spiro atoms. The van der Waals surface area contributed by atoms with Crippen molar-refractivity contribution in [2.75, 3.05) is 26.0 Å². The Bertz CT molecular complexity index is 883. The zero-order valence-electron chi connectivity index (χ0n) is 15.0. The van der Waals surface area contributed by atoms with Crippen LogP contribution in [0, 0.1) is 0 Å². The number of carbonyl (C=O) groups excluding carboxylic acids is 2. The van der Waals surface area contributed by atoms with Gasteiger partial charge in [0.25, 0.3) is 5.24 Å². The first-order valence-corrected chi connectivity index (χ1v) is 10.4. The second-order valence-corrected chi connectivity index (χ2v) is 8.59. The molecule has 7 nitrogen and oxygen atoms in total. The summed E-state index contributed by atoms with van der Waals surface area (Å²) in [6, 6.07) is 14.8. The zero-order chi connectivity index (χ0) is 19.9. The summed E-state index contributed by atoms with van der Waals surface area (Å²) >= 11 is 1.09. The average Bonchev–Trinajstić information content (AvgIpc) is 2.64. The minimum absolute atomic E-state index is 0.00167. The molecule has 2 aromatic carbocycles. The maximum atomic E-state index is 12.1. The van der Waals surface area contributed by atoms with Crippen LogP contribution in [0.2, 0.25) is 0 Å². The number of nitrogens with one attached hydrogen (secondary N) is 2. The maximum absolute atomic E-state index is 12.1. The van der Waals surface area contributed by atoms with Gasteiger partial charge in [0.1, 0.15) is 0 Å². The van der Waals surface area contributed by atoms with Crippen LogP contribution in [-0.2, 0) is 14.8 Å². The molecular weight excluding hydrogens is 386 g/mol. The zero-order valence-corrected chi connectivity index (χ0v) is 16.6. The first-order chi connectivity index (χ1) is 12.8. The molecule has 0 fully saturated rings. The predicted octanol–water partition coefficient (Wildman–Crippen LogP) is 2.77. The van der Waals surface area contributed by atoms with E-state index in [9.17, 15) is 18.0 Å². The summed E-state index contributed by atoms with van der Waals surface area (Å²) in [4.78, 5) is 26.0. The van der Waals surface area contributed by atoms with Crippen LogP contribution in [0.5, 0.6) is 0 Å². The molecule has 9 heteroatoms. The Balaban J connectivity index is 1.81. The van der Waals surface area contributed by atoms with E-state index < -0.39 is 10.0 Å². The normalized spacial score (nSPS) is 11.0. The molecule has 2 amide bonds. The van der Waals surface area contributed by atoms with E-state index in [0.29, 0.717) is 5.69 Å². The van der Waals surface area contributed by atoms with Crippen LogP contribution in [0.4, 0.5) is 10.5 Å². The number of hydrogen-bond donors (Lipinski definition) is 2. The summed E-state index contributed by atoms with van der Waals surface area (Å²) in [7, 11) is -0.269. The highest BCUT2D eigenvalue weighted by Gasteiger charge is 2.13. The standard InChI is InChI=1S/C18H21N3O4S2/c1-21(2)18(23)26-15-10-8-14(9-11-15)20-17(22)12-13-19-27(24,25)16-6-4-3-5-7-16/h3-11,19H,12-13H2,1-2H3,(H,20,22). The molecule has 2 aromatic rings. The van der Waals surface area contributed by atoms with Crippen molar-refractivity contribution in [3.63, 3.8) is 0 Å². The van der Waals surface area contributed by atoms with Crippen molar-refractivity contribution in [3.05, 3.63) is 54.6 Å². The van der Waals surface area contributed by atoms with Gasteiger partial charge in [-0.05, 0) is 48.2 Å². The van der Waals surface area contributed by atoms with Crippen LogP contribution in [0.15, 0.2) is 64.4 Å². The number of carbonyl (C=O) groups is 2. The Morgan fingerprint density at radius 2 is 1.63 bits per heavy atom. The van der Waals surface area contributed by atoms with Gasteiger partial charge in [0.15, 0.2) is 0 Å². The molecule has 0 saturated heterocycles. The van der Waals surface area contributed by atoms with Crippen LogP contribution in [0.25, 0.3) is 0 Å². The quantitative estimate of drug-likeness (QED) is 0.688. The Morgan fingerprint density at radius 1 is 1.00 bits per heavy atom. The van der Waals surface area contributed by atoms with E-state index in [4.69, 9.17) is 0 Å². The second kappa shape index (κ2) is 9.54. The van der Waals surface area contributed by atoms with Crippen molar-refractivity contribution < 1.29 is 18.0 Å². The lowest BCUT2D eigenvalue weighted by Crippen LogP contribution is -2.27. The molecule has 0 aliphatic carbocycles. The average molecular weight is 408 g/mol. The van der Waals surface area contributed by atoms with Gasteiger partial charge >= 0.3 is 0 Å². The molecule has 27 heavy (non-hydrogen) atoms. The smallest absolute Gasteiger partial charge is 0.285 e. The molecule has 144 valence electrons. The van der Waals surface area contributed by atoms with Gasteiger partial charge in [-0.2, -0.15) is 0 Å². The Hall–Kier alpha value is -2.36. The number of hydrogen-bond acceptors (Lipinski definition) is 5. The van der Waals surface area contributed by atoms with E-state index in [1.54, 1.807) is 56.6 Å². The largest absolute Gasteiger partial charge is 0.339 e. The fourth-order valence-electron chi connectivity index (χ4n) is 2.00. The number of amides is 2. The highest BCUT2D eigenvalue weighted by Crippen LogP contribution is 2.22. The van der Waals surface area contributed by atoms with Gasteiger partial charge in [-0.15, -0.1) is 0 Å². The number of thioether (sulfide) groups is 1. The Labute approximate surface area is 163 Å². The summed E-state index contributed by atoms with van der Waals surface area (Å²) in [5.74, 6) is -0.310. The van der Waals surface area contributed by atoms with Crippen molar-refractivity contribution >= 4 is 38.6 Å². The van der Waals surface area contributed by atoms with E-state index >= 15 is 0 Å². The third kappa shape index (κ3) is 6.70. The van der Waals surface area contributed by atoms with E-state index in [-0.39, 0.29) is 29.0 Å². The molecule has 0 atom stereocenters. The fraction of sp³-hybridized carbons (Fsp3) is 0.222. The van der Waals surface area contributed by atoms with Crippen LogP contribution in [-0.4, -0.2) is 45.1 Å². The number of rotatable bonds is 7. The Morgan fingerprint density at radius 3 is 2.22 bits per heavy atom. The lowest BCUT2D eigenvalue weighted by atomic mass is 10.3. The van der Waals surface area contributed by atoms with Crippen molar-refractivity contribution in [3.8, 4) is 0 Å². The summed E-state index contributed by atoms with van der Waals surface area (Å²) in [5, 5.41) is 2.61. The van der Waals surface area contributed by atoms with Gasteiger partial charge in [-0.3, -0.25) is 9.59 Å². The van der Waals surface area contributed by atoms with Crippen LogP contribution < -0.4 is 10.0 Å². The summed E-state index contributed by atoms with van der Waals surface area (Å²) < 4.78 is 26.5. The van der Waals surface area contributed by atoms with Crippen molar-refractivity contribution in [1.82, 2.24) is 9.62 Å². The number of benzene rings is 2. The third-order valence-corrected chi connectivity index (χ3v) is 5.93. The molecule has 0 heterocycles. The highest BCUT2D eigenvalue weighted by atomic mass is 32.2. The lowest BCUT2D eigenvalue weighted by Gasteiger charge is -2.10. The van der Waals surface area contributed by atoms with Crippen molar-refractivity contribution in [2.24, 2.45) is 0 Å². The molecule has 0 radical (unpaired) electrons. The fourth-order valence-corrected chi connectivity index (χ4v) is 3.71. The van der Waals surface area contributed by atoms with Gasteiger partial charge < -0.3 is 10.2 Å². The van der Waals surface area contributed by atoms with E-state index in [2.05, 4.69) is 10.0 Å². The van der Waals surface area contributed by atoms with Gasteiger partial charge in [0, 0.05) is 37.6 Å². The summed E-state index contributed by atoms with van der Waals surface area (Å²) in [6.45, 7) is -0.00562. The molecule has 0 aliphatic heterocycles. The van der Waals surface area contributed by atoms with Crippen LogP contribution in [0.1, 0.15) is 6.42 Å². The Kier molecular flexibility index (Phi) is 7.40. The monoisotopic (exact) mass is 407 g/mol. The molecule has 0 aliphatic rings. The lowest BCUT2D eigenvalue weighted by molar-refractivity contribution is -0.116. The molecule has 0 bridgehead atoms. The van der Waals surface area contributed by atoms with Crippen molar-refractivity contribution in [2.45, 2.75) is 16.2 Å². The molecule has 0 unspecified atom stereocenters. The second-order valence-electron chi connectivity index (χ2n) is 5.80. The molecule has 0 aromatic heterocycles. The van der Waals surface area contributed by atoms with Crippen molar-refractivity contribution in [1.29, 1.82) is 0 Å². The third-order valence-electron chi connectivity index (χ3n) is 3.41. The SMILES string of the molecule is CN(C)C(=O)Sc1ccc(NC(=O)CCNS(=O)(=O)c2ccccc2)cc1. The summed E-state index contributed by atoms with van der Waals surface area (Å²) in [6.07, 6.45) is 0.00167. The van der Waals surface area contributed by atoms with E-state index in [0.717, 1.165) is 16.7 Å². The number of nitrogens with zero attached hydrogens (tertiary/aromatic N) is 1. The predicted molar refractivity (Wildman–Crippen MR) is 106 cm³/mol. The number of sulfonamides is 1. The summed E-state index contributed by atoms with van der Waals surface area (Å²) in [5.41, 5.74) is 0.576. The topological polar surface area (TPSA) is 95.6 Å². The maximum Gasteiger partial charge on any atom is 0.285 e. The van der Waals surface area contributed by atoms with Crippen LogP contribution in [0.3, 0.4) is 0 Å². The minimum atomic E-state index is -3.62. The van der Waals surface area contributed by atoms with Gasteiger partial charge in [-0.25, -0.2) is 13.1 Å². The van der Waals surface area contributed by atoms with E-state index in [1.807, 2.05) is 0 Å². The first kappa shape index (κ1) is 20.9. The van der Waals surface area contributed by atoms with Gasteiger partial charge in [0.2, 0.25) is 15.9 Å². The molecule has 2 rings (SSSR count). The minimum Gasteiger partial charge on any atom is -0.339 e. The molecule has 2 N–H and O–H groups in total. The molecular formula is C18H21N3O4S2. The van der Waals surface area contributed by atoms with Crippen LogP contribution >= 0.6 is 11.8 Å². The van der Waals surface area contributed by atoms with Gasteiger partial charge in [0.05, 0.1) is 4.90 Å². The molecule has 0 saturated carbocycles. The first-order valence-electron chi connectivity index (χ1n) is 8.12. The van der Waals surface area contributed by atoms with Gasteiger partial charge in [-0.1, -0.05) is 18.2 Å².